The van der Waals surface area contributed by atoms with E-state index in [0.29, 0.717) is 28.8 Å². The molecular formula is C22H18N4O2S. The molecule has 0 radical (unpaired) electrons. The van der Waals surface area contributed by atoms with Gasteiger partial charge in [-0.05, 0) is 54.2 Å². The summed E-state index contributed by atoms with van der Waals surface area (Å²) in [5, 5.41) is 3.43. The van der Waals surface area contributed by atoms with Crippen molar-refractivity contribution in [2.45, 2.75) is 13.1 Å². The minimum absolute atomic E-state index is 0.137. The van der Waals surface area contributed by atoms with E-state index in [0.717, 1.165) is 16.8 Å². The lowest BCUT2D eigenvalue weighted by atomic mass is 10.1. The number of hydrogen-bond acceptors (Lipinski definition) is 4. The molecule has 0 bridgehead atoms. The maximum Gasteiger partial charge on any atom is 0.262 e. The van der Waals surface area contributed by atoms with E-state index in [1.54, 1.807) is 24.4 Å². The Bertz CT molecular complexity index is 1280. The molecule has 0 aliphatic carbocycles. The minimum Gasteiger partial charge on any atom is -0.346 e. The number of carbonyl (C=O) groups excluding carboxylic acids is 1. The molecule has 0 fully saturated rings. The van der Waals surface area contributed by atoms with Crippen molar-refractivity contribution in [2.75, 3.05) is 0 Å². The summed E-state index contributed by atoms with van der Waals surface area (Å²) in [5.41, 5.74) is 2.80. The number of benzene rings is 2. The number of aromatic amines is 1. The van der Waals surface area contributed by atoms with Crippen molar-refractivity contribution in [1.82, 2.24) is 19.9 Å². The summed E-state index contributed by atoms with van der Waals surface area (Å²) in [7, 11) is 0. The minimum atomic E-state index is -0.178. The normalized spacial score (nSPS) is 10.8. The summed E-state index contributed by atoms with van der Waals surface area (Å²) in [5.74, 6) is -0.178. The van der Waals surface area contributed by atoms with Crippen LogP contribution in [-0.2, 0) is 13.1 Å². The van der Waals surface area contributed by atoms with Gasteiger partial charge in [0.25, 0.3) is 11.5 Å². The first-order valence-electron chi connectivity index (χ1n) is 9.11. The fraction of sp³-hybridized carbons (Fsp3) is 0.0909. The maximum atomic E-state index is 12.8. The van der Waals surface area contributed by atoms with Crippen LogP contribution in [-0.4, -0.2) is 20.4 Å². The van der Waals surface area contributed by atoms with E-state index < -0.39 is 0 Å². The number of para-hydroxylation sites is 1. The lowest BCUT2D eigenvalue weighted by Crippen LogP contribution is -2.24. The van der Waals surface area contributed by atoms with Gasteiger partial charge < -0.3 is 10.3 Å². The largest absolute Gasteiger partial charge is 0.346 e. The molecule has 144 valence electrons. The van der Waals surface area contributed by atoms with Gasteiger partial charge in [0.05, 0.1) is 29.7 Å². The number of amides is 1. The molecule has 2 N–H and O–H groups in total. The van der Waals surface area contributed by atoms with E-state index in [1.165, 1.54) is 4.57 Å². The number of aromatic nitrogens is 3. The third-order valence-electron chi connectivity index (χ3n) is 4.60. The number of fused-ring (bicyclic) bond motifs is 1. The van der Waals surface area contributed by atoms with Gasteiger partial charge in [-0.25, -0.2) is 0 Å². The van der Waals surface area contributed by atoms with Crippen LogP contribution in [0.25, 0.3) is 10.9 Å². The van der Waals surface area contributed by atoms with E-state index in [-0.39, 0.29) is 11.5 Å². The molecule has 7 heteroatoms. The fourth-order valence-electron chi connectivity index (χ4n) is 3.06. The Morgan fingerprint density at radius 1 is 1.03 bits per heavy atom. The monoisotopic (exact) mass is 402 g/mol. The molecule has 0 spiro atoms. The number of nitrogens with one attached hydrogen (secondary N) is 2. The molecule has 29 heavy (non-hydrogen) atoms. The fourth-order valence-corrected chi connectivity index (χ4v) is 3.32. The average Bonchev–Trinajstić information content (AvgIpc) is 2.76. The number of rotatable bonds is 5. The molecule has 0 saturated heterocycles. The van der Waals surface area contributed by atoms with Gasteiger partial charge in [-0.1, -0.05) is 30.3 Å². The second-order valence-electron chi connectivity index (χ2n) is 6.57. The van der Waals surface area contributed by atoms with Crippen LogP contribution in [0.1, 0.15) is 21.6 Å². The Morgan fingerprint density at radius 3 is 2.55 bits per heavy atom. The van der Waals surface area contributed by atoms with Crippen LogP contribution in [0.15, 0.2) is 77.7 Å². The zero-order chi connectivity index (χ0) is 20.2. The van der Waals surface area contributed by atoms with Gasteiger partial charge in [0, 0.05) is 11.8 Å². The van der Waals surface area contributed by atoms with Crippen molar-refractivity contribution >= 4 is 29.0 Å². The van der Waals surface area contributed by atoms with E-state index in [4.69, 9.17) is 12.2 Å². The third kappa shape index (κ3) is 4.14. The van der Waals surface area contributed by atoms with Gasteiger partial charge in [0.1, 0.15) is 0 Å². The predicted octanol–water partition coefficient (Wildman–Crippen LogP) is 3.43. The molecule has 0 atom stereocenters. The molecule has 6 nitrogen and oxygen atoms in total. The molecule has 0 unspecified atom stereocenters. The quantitative estimate of drug-likeness (QED) is 0.501. The smallest absolute Gasteiger partial charge is 0.262 e. The molecule has 0 saturated carbocycles. The molecule has 4 rings (SSSR count). The maximum absolute atomic E-state index is 12.8. The predicted molar refractivity (Wildman–Crippen MR) is 114 cm³/mol. The van der Waals surface area contributed by atoms with Crippen LogP contribution in [0.4, 0.5) is 0 Å². The standard InChI is InChI=1S/C22H18N4O2S/c27-20(24-13-17-5-3-4-12-23-17)16-10-8-15(9-11-16)14-26-21(28)18-6-1-2-7-19(18)25-22(26)29/h1-12H,13-14H2,(H,24,27)(H,25,29). The number of nitrogens with zero attached hydrogens (tertiary/aromatic N) is 2. The van der Waals surface area contributed by atoms with Gasteiger partial charge in [-0.3, -0.25) is 19.1 Å². The first kappa shape index (κ1) is 18.8. The first-order chi connectivity index (χ1) is 14.1. The molecule has 0 aliphatic rings. The van der Waals surface area contributed by atoms with E-state index in [2.05, 4.69) is 15.3 Å². The average molecular weight is 402 g/mol. The van der Waals surface area contributed by atoms with Gasteiger partial charge >= 0.3 is 0 Å². The Balaban J connectivity index is 1.50. The van der Waals surface area contributed by atoms with Crippen LogP contribution < -0.4 is 10.9 Å². The van der Waals surface area contributed by atoms with Crippen LogP contribution >= 0.6 is 12.2 Å². The highest BCUT2D eigenvalue weighted by molar-refractivity contribution is 7.71. The Labute approximate surface area is 171 Å². The summed E-state index contributed by atoms with van der Waals surface area (Å²) < 4.78 is 1.89. The summed E-state index contributed by atoms with van der Waals surface area (Å²) in [6, 6.07) is 20.0. The Morgan fingerprint density at radius 2 is 1.79 bits per heavy atom. The molecule has 2 aromatic carbocycles. The second-order valence-corrected chi connectivity index (χ2v) is 6.95. The molecule has 1 amide bonds. The molecule has 2 aromatic heterocycles. The Hall–Kier alpha value is -3.58. The topological polar surface area (TPSA) is 79.8 Å². The van der Waals surface area contributed by atoms with Crippen LogP contribution in [0.2, 0.25) is 0 Å². The molecule has 0 aliphatic heterocycles. The zero-order valence-corrected chi connectivity index (χ0v) is 16.3. The van der Waals surface area contributed by atoms with Gasteiger partial charge in [-0.15, -0.1) is 0 Å². The summed E-state index contributed by atoms with van der Waals surface area (Å²) in [6.45, 7) is 0.692. The third-order valence-corrected chi connectivity index (χ3v) is 4.92. The highest BCUT2D eigenvalue weighted by Gasteiger charge is 2.08. The van der Waals surface area contributed by atoms with Gasteiger partial charge in [0.15, 0.2) is 4.77 Å². The van der Waals surface area contributed by atoms with Crippen molar-refractivity contribution in [3.05, 3.63) is 105 Å². The first-order valence-corrected chi connectivity index (χ1v) is 9.51. The number of carbonyl (C=O) groups is 1. The highest BCUT2D eigenvalue weighted by atomic mass is 32.1. The highest BCUT2D eigenvalue weighted by Crippen LogP contribution is 2.09. The van der Waals surface area contributed by atoms with Crippen LogP contribution in [0.5, 0.6) is 0 Å². The number of H-pyrrole nitrogens is 1. The SMILES string of the molecule is O=C(NCc1ccccn1)c1ccc(Cn2c(=S)[nH]c3ccccc3c2=O)cc1. The molecule has 2 heterocycles. The lowest BCUT2D eigenvalue weighted by molar-refractivity contribution is 0.0950. The van der Waals surface area contributed by atoms with Crippen LogP contribution in [0, 0.1) is 4.77 Å². The Kier molecular flexibility index (Phi) is 5.31. The van der Waals surface area contributed by atoms with Crippen molar-refractivity contribution in [3.63, 3.8) is 0 Å². The lowest BCUT2D eigenvalue weighted by Gasteiger charge is -2.09. The summed E-state index contributed by atoms with van der Waals surface area (Å²) in [4.78, 5) is 32.4. The van der Waals surface area contributed by atoms with E-state index in [1.807, 2.05) is 48.5 Å². The van der Waals surface area contributed by atoms with E-state index >= 15 is 0 Å². The van der Waals surface area contributed by atoms with Crippen LogP contribution in [0.3, 0.4) is 0 Å². The summed E-state index contributed by atoms with van der Waals surface area (Å²) in [6.07, 6.45) is 1.69. The number of hydrogen-bond donors (Lipinski definition) is 2. The molecule has 4 aromatic rings. The summed E-state index contributed by atoms with van der Waals surface area (Å²) >= 11 is 5.35. The molecular weight excluding hydrogens is 384 g/mol. The van der Waals surface area contributed by atoms with Gasteiger partial charge in [0.2, 0.25) is 0 Å². The van der Waals surface area contributed by atoms with Gasteiger partial charge in [-0.2, -0.15) is 0 Å². The van der Waals surface area contributed by atoms with Crippen molar-refractivity contribution in [3.8, 4) is 0 Å². The van der Waals surface area contributed by atoms with E-state index in [9.17, 15) is 9.59 Å². The van der Waals surface area contributed by atoms with Crippen molar-refractivity contribution < 1.29 is 4.79 Å². The number of pyridine rings is 1. The van der Waals surface area contributed by atoms with Crippen molar-refractivity contribution in [2.24, 2.45) is 0 Å². The van der Waals surface area contributed by atoms with Crippen molar-refractivity contribution in [1.29, 1.82) is 0 Å². The second kappa shape index (κ2) is 8.20. The zero-order valence-electron chi connectivity index (χ0n) is 15.5.